The van der Waals surface area contributed by atoms with Crippen LogP contribution in [0.15, 0.2) is 83.7 Å². The third-order valence-corrected chi connectivity index (χ3v) is 4.06. The quantitative estimate of drug-likeness (QED) is 0.765. The average Bonchev–Trinajstić information content (AvgIpc) is 2.69. The Morgan fingerprint density at radius 3 is 2.27 bits per heavy atom. The Morgan fingerprint density at radius 2 is 1.62 bits per heavy atom. The molecule has 0 fully saturated rings. The molecule has 1 N–H and O–H groups in total. The SMILES string of the molecule is CN(CC=Cc1ccccc1)C(=O)c1ccc(-c2ccccc2)[nH]c1=O. The van der Waals surface area contributed by atoms with Crippen LogP contribution in [-0.2, 0) is 0 Å². The normalized spacial score (nSPS) is 10.8. The highest BCUT2D eigenvalue weighted by atomic mass is 16.2. The minimum absolute atomic E-state index is 0.139. The number of rotatable bonds is 5. The number of nitrogens with one attached hydrogen (secondary N) is 1. The van der Waals surface area contributed by atoms with Gasteiger partial charge in [0.1, 0.15) is 5.56 Å². The highest BCUT2D eigenvalue weighted by Crippen LogP contribution is 2.15. The largest absolute Gasteiger partial charge is 0.338 e. The fourth-order valence-corrected chi connectivity index (χ4v) is 2.63. The van der Waals surface area contributed by atoms with Crippen molar-refractivity contribution in [1.82, 2.24) is 9.88 Å². The van der Waals surface area contributed by atoms with E-state index in [9.17, 15) is 9.59 Å². The maximum atomic E-state index is 12.5. The summed E-state index contributed by atoms with van der Waals surface area (Å²) in [4.78, 5) is 29.2. The lowest BCUT2D eigenvalue weighted by atomic mass is 10.1. The molecule has 0 radical (unpaired) electrons. The number of benzene rings is 2. The van der Waals surface area contributed by atoms with E-state index in [0.717, 1.165) is 11.1 Å². The number of hydrogen-bond acceptors (Lipinski definition) is 2. The van der Waals surface area contributed by atoms with E-state index < -0.39 is 0 Å². The molecule has 1 heterocycles. The first kappa shape index (κ1) is 17.4. The van der Waals surface area contributed by atoms with E-state index in [1.54, 1.807) is 19.2 Å². The first-order valence-electron chi connectivity index (χ1n) is 8.41. The van der Waals surface area contributed by atoms with Crippen molar-refractivity contribution in [2.24, 2.45) is 0 Å². The second kappa shape index (κ2) is 8.12. The summed E-state index contributed by atoms with van der Waals surface area (Å²) in [6, 6.07) is 22.7. The third-order valence-electron chi connectivity index (χ3n) is 4.06. The second-order valence-electron chi connectivity index (χ2n) is 5.98. The van der Waals surface area contributed by atoms with Crippen molar-refractivity contribution in [3.05, 3.63) is 100 Å². The van der Waals surface area contributed by atoms with Gasteiger partial charge < -0.3 is 9.88 Å². The summed E-state index contributed by atoms with van der Waals surface area (Å²) in [7, 11) is 1.68. The van der Waals surface area contributed by atoms with Gasteiger partial charge in [0.05, 0.1) is 0 Å². The standard InChI is InChI=1S/C22H20N2O2/c1-24(16-8-11-17-9-4-2-5-10-17)22(26)19-14-15-20(23-21(19)25)18-12-6-3-7-13-18/h2-15H,16H2,1H3,(H,23,25). The Morgan fingerprint density at radius 1 is 0.962 bits per heavy atom. The van der Waals surface area contributed by atoms with Gasteiger partial charge in [-0.15, -0.1) is 0 Å². The number of aromatic nitrogens is 1. The molecule has 1 amide bonds. The summed E-state index contributed by atoms with van der Waals surface area (Å²) in [5, 5.41) is 0. The minimum Gasteiger partial charge on any atom is -0.338 e. The van der Waals surface area contributed by atoms with Crippen LogP contribution in [0.5, 0.6) is 0 Å². The Kier molecular flexibility index (Phi) is 5.44. The molecule has 3 rings (SSSR count). The summed E-state index contributed by atoms with van der Waals surface area (Å²) >= 11 is 0. The van der Waals surface area contributed by atoms with Gasteiger partial charge in [0.25, 0.3) is 11.5 Å². The number of hydrogen-bond donors (Lipinski definition) is 1. The molecule has 0 atom stereocenters. The van der Waals surface area contributed by atoms with E-state index in [2.05, 4.69) is 4.98 Å². The van der Waals surface area contributed by atoms with Crippen molar-refractivity contribution in [1.29, 1.82) is 0 Å². The number of nitrogens with zero attached hydrogens (tertiary/aromatic N) is 1. The molecule has 4 nitrogen and oxygen atoms in total. The highest BCUT2D eigenvalue weighted by Gasteiger charge is 2.15. The summed E-state index contributed by atoms with van der Waals surface area (Å²) in [5.74, 6) is -0.302. The number of aromatic amines is 1. The third kappa shape index (κ3) is 4.16. The van der Waals surface area contributed by atoms with Crippen LogP contribution in [0.1, 0.15) is 15.9 Å². The van der Waals surface area contributed by atoms with Gasteiger partial charge in [0.15, 0.2) is 0 Å². The van der Waals surface area contributed by atoms with Gasteiger partial charge in [0, 0.05) is 19.3 Å². The van der Waals surface area contributed by atoms with Crippen LogP contribution in [-0.4, -0.2) is 29.4 Å². The number of H-pyrrole nitrogens is 1. The number of likely N-dealkylation sites (N-methyl/N-ethyl adjacent to an activating group) is 1. The van der Waals surface area contributed by atoms with Crippen LogP contribution < -0.4 is 5.56 Å². The fourth-order valence-electron chi connectivity index (χ4n) is 2.63. The molecule has 0 saturated carbocycles. The second-order valence-corrected chi connectivity index (χ2v) is 5.98. The van der Waals surface area contributed by atoms with Gasteiger partial charge in [0.2, 0.25) is 0 Å². The molecular formula is C22H20N2O2. The number of carbonyl (C=O) groups excluding carboxylic acids is 1. The average molecular weight is 344 g/mol. The smallest absolute Gasteiger partial charge is 0.261 e. The summed E-state index contributed by atoms with van der Waals surface area (Å²) in [6.45, 7) is 0.424. The van der Waals surface area contributed by atoms with E-state index in [0.29, 0.717) is 12.2 Å². The van der Waals surface area contributed by atoms with Crippen molar-refractivity contribution >= 4 is 12.0 Å². The van der Waals surface area contributed by atoms with Crippen LogP contribution >= 0.6 is 0 Å². The van der Waals surface area contributed by atoms with Gasteiger partial charge in [-0.2, -0.15) is 0 Å². The number of pyridine rings is 1. The molecule has 4 heteroatoms. The maximum Gasteiger partial charge on any atom is 0.261 e. The molecule has 0 aliphatic rings. The minimum atomic E-state index is -0.379. The molecule has 0 spiro atoms. The van der Waals surface area contributed by atoms with Gasteiger partial charge in [-0.3, -0.25) is 9.59 Å². The van der Waals surface area contributed by atoms with Crippen molar-refractivity contribution in [2.75, 3.05) is 13.6 Å². The van der Waals surface area contributed by atoms with E-state index in [4.69, 9.17) is 0 Å². The summed E-state index contributed by atoms with van der Waals surface area (Å²) in [6.07, 6.45) is 3.85. The molecule has 130 valence electrons. The first-order chi connectivity index (χ1) is 12.6. The Bertz CT molecular complexity index is 960. The zero-order valence-corrected chi connectivity index (χ0v) is 14.6. The van der Waals surface area contributed by atoms with Crippen molar-refractivity contribution in [3.63, 3.8) is 0 Å². The highest BCUT2D eigenvalue weighted by molar-refractivity contribution is 5.94. The van der Waals surface area contributed by atoms with Crippen molar-refractivity contribution in [2.45, 2.75) is 0 Å². The fraction of sp³-hybridized carbons (Fsp3) is 0.0909. The molecule has 0 aliphatic heterocycles. The molecule has 1 aromatic heterocycles. The molecule has 2 aromatic carbocycles. The molecule has 0 aliphatic carbocycles. The van der Waals surface area contributed by atoms with E-state index >= 15 is 0 Å². The zero-order chi connectivity index (χ0) is 18.4. The molecule has 0 saturated heterocycles. The van der Waals surface area contributed by atoms with Crippen molar-refractivity contribution < 1.29 is 4.79 Å². The van der Waals surface area contributed by atoms with Crippen molar-refractivity contribution in [3.8, 4) is 11.3 Å². The lowest BCUT2D eigenvalue weighted by Crippen LogP contribution is -2.31. The Labute approximate surface area is 152 Å². The van der Waals surface area contributed by atoms with Gasteiger partial charge in [-0.1, -0.05) is 72.8 Å². The van der Waals surface area contributed by atoms with E-state index in [1.807, 2.05) is 72.8 Å². The predicted molar refractivity (Wildman–Crippen MR) is 105 cm³/mol. The predicted octanol–water partition coefficient (Wildman–Crippen LogP) is 3.83. The Hall–Kier alpha value is -3.40. The summed E-state index contributed by atoms with van der Waals surface area (Å²) in [5.41, 5.74) is 2.43. The van der Waals surface area contributed by atoms with Crippen LogP contribution in [0.25, 0.3) is 17.3 Å². The van der Waals surface area contributed by atoms with E-state index in [-0.39, 0.29) is 17.0 Å². The lowest BCUT2D eigenvalue weighted by Gasteiger charge is -2.14. The first-order valence-corrected chi connectivity index (χ1v) is 8.41. The van der Waals surface area contributed by atoms with Crippen LogP contribution in [0.3, 0.4) is 0 Å². The van der Waals surface area contributed by atoms with Crippen LogP contribution in [0.2, 0.25) is 0 Å². The molecule has 0 unspecified atom stereocenters. The van der Waals surface area contributed by atoms with Gasteiger partial charge in [-0.05, 0) is 23.3 Å². The zero-order valence-electron chi connectivity index (χ0n) is 14.6. The Balaban J connectivity index is 1.71. The summed E-state index contributed by atoms with van der Waals surface area (Å²) < 4.78 is 0. The van der Waals surface area contributed by atoms with Gasteiger partial charge >= 0.3 is 0 Å². The van der Waals surface area contributed by atoms with Crippen LogP contribution in [0, 0.1) is 0 Å². The number of amides is 1. The molecular weight excluding hydrogens is 324 g/mol. The van der Waals surface area contributed by atoms with Crippen LogP contribution in [0.4, 0.5) is 0 Å². The molecule has 3 aromatic rings. The maximum absolute atomic E-state index is 12.5. The number of carbonyl (C=O) groups is 1. The molecule has 26 heavy (non-hydrogen) atoms. The molecule has 0 bridgehead atoms. The monoisotopic (exact) mass is 344 g/mol. The van der Waals surface area contributed by atoms with E-state index in [1.165, 1.54) is 4.90 Å². The lowest BCUT2D eigenvalue weighted by molar-refractivity contribution is 0.0808. The van der Waals surface area contributed by atoms with Gasteiger partial charge in [-0.25, -0.2) is 0 Å². The topological polar surface area (TPSA) is 53.2 Å².